The van der Waals surface area contributed by atoms with Gasteiger partial charge in [-0.15, -0.1) is 0 Å². The highest BCUT2D eigenvalue weighted by atomic mass is 35.5. The number of allylic oxidation sites excluding steroid dienone is 2. The Bertz CT molecular complexity index is 1740. The summed E-state index contributed by atoms with van der Waals surface area (Å²) >= 11 is 5.94. The van der Waals surface area contributed by atoms with Crippen molar-refractivity contribution in [1.82, 2.24) is 9.88 Å². The summed E-state index contributed by atoms with van der Waals surface area (Å²) in [6.07, 6.45) is 4.27. The van der Waals surface area contributed by atoms with E-state index in [-0.39, 0.29) is 29.3 Å². The van der Waals surface area contributed by atoms with E-state index in [0.717, 1.165) is 0 Å². The van der Waals surface area contributed by atoms with Gasteiger partial charge in [0.25, 0.3) is 23.1 Å². The fourth-order valence-electron chi connectivity index (χ4n) is 4.42. The van der Waals surface area contributed by atoms with Crippen molar-refractivity contribution in [3.63, 3.8) is 0 Å². The van der Waals surface area contributed by atoms with Crippen molar-refractivity contribution in [2.45, 2.75) is 19.4 Å². The van der Waals surface area contributed by atoms with Gasteiger partial charge in [0.2, 0.25) is 0 Å². The van der Waals surface area contributed by atoms with E-state index in [1.807, 2.05) is 0 Å². The third-order valence-corrected chi connectivity index (χ3v) is 6.93. The Kier molecular flexibility index (Phi) is 7.35. The molecule has 4 aromatic rings. The average molecular weight is 559 g/mol. The van der Waals surface area contributed by atoms with Gasteiger partial charge in [-0.05, 0) is 48.9 Å². The fourth-order valence-corrected chi connectivity index (χ4v) is 4.74. The molecule has 0 fully saturated rings. The summed E-state index contributed by atoms with van der Waals surface area (Å²) in [6, 6.07) is 15.2. The molecule has 5 rings (SSSR count). The van der Waals surface area contributed by atoms with E-state index < -0.39 is 22.3 Å². The van der Waals surface area contributed by atoms with Crippen molar-refractivity contribution in [3.05, 3.63) is 128 Å². The Labute approximate surface area is 232 Å². The number of aromatic nitrogens is 1. The van der Waals surface area contributed by atoms with Crippen LogP contribution in [0.1, 0.15) is 32.9 Å². The van der Waals surface area contributed by atoms with Crippen LogP contribution in [0.15, 0.2) is 99.5 Å². The molecule has 0 spiro atoms. The van der Waals surface area contributed by atoms with Gasteiger partial charge in [0.1, 0.15) is 11.3 Å². The van der Waals surface area contributed by atoms with Gasteiger partial charge >= 0.3 is 0 Å². The number of amides is 2. The molecule has 2 aromatic carbocycles. The van der Waals surface area contributed by atoms with Crippen LogP contribution in [-0.2, 0) is 13.0 Å². The van der Waals surface area contributed by atoms with E-state index in [0.29, 0.717) is 45.9 Å². The number of pyridine rings is 1. The maximum atomic E-state index is 13.6. The Balaban J connectivity index is 1.52. The molecule has 0 bridgehead atoms. The first-order valence-electron chi connectivity index (χ1n) is 12.3. The number of hydrogen-bond acceptors (Lipinski definition) is 6. The highest BCUT2D eigenvalue weighted by molar-refractivity contribution is 6.30. The van der Waals surface area contributed by atoms with Crippen LogP contribution in [0.4, 0.5) is 11.4 Å². The zero-order valence-corrected chi connectivity index (χ0v) is 21.8. The molecule has 0 saturated heterocycles. The van der Waals surface area contributed by atoms with Crippen LogP contribution >= 0.6 is 11.6 Å². The molecule has 10 nitrogen and oxygen atoms in total. The molecular weight excluding hydrogens is 536 g/mol. The molecule has 1 atom stereocenters. The number of hydrogen-bond donors (Lipinski definition) is 2. The Morgan fingerprint density at radius 2 is 1.88 bits per heavy atom. The minimum Gasteiger partial charge on any atom is -0.469 e. The number of nitro groups is 1. The zero-order valence-electron chi connectivity index (χ0n) is 21.1. The second-order valence-corrected chi connectivity index (χ2v) is 9.73. The number of rotatable bonds is 9. The molecular formula is C29H23ClN4O6. The smallest absolute Gasteiger partial charge is 0.269 e. The van der Waals surface area contributed by atoms with Crippen molar-refractivity contribution in [3.8, 4) is 0 Å². The van der Waals surface area contributed by atoms with E-state index in [2.05, 4.69) is 17.2 Å². The molecule has 202 valence electrons. The largest absolute Gasteiger partial charge is 0.469 e. The van der Waals surface area contributed by atoms with Crippen molar-refractivity contribution in [2.24, 2.45) is 5.92 Å². The number of nitrogens with zero attached hydrogens (tertiary/aromatic N) is 2. The fraction of sp³-hybridized carbons (Fsp3) is 0.138. The lowest BCUT2D eigenvalue weighted by molar-refractivity contribution is -0.384. The number of benzene rings is 2. The minimum absolute atomic E-state index is 0.116. The molecule has 2 amide bonds. The highest BCUT2D eigenvalue weighted by Crippen LogP contribution is 2.32. The summed E-state index contributed by atoms with van der Waals surface area (Å²) in [5, 5.41) is 17.6. The van der Waals surface area contributed by atoms with Crippen molar-refractivity contribution >= 4 is 45.7 Å². The van der Waals surface area contributed by atoms with Crippen LogP contribution in [0.5, 0.6) is 0 Å². The molecule has 0 radical (unpaired) electrons. The van der Waals surface area contributed by atoms with Crippen LogP contribution in [-0.4, -0.2) is 21.3 Å². The molecule has 0 saturated carbocycles. The van der Waals surface area contributed by atoms with Crippen LogP contribution in [0, 0.1) is 16.0 Å². The third kappa shape index (κ3) is 5.43. The molecule has 2 N–H and O–H groups in total. The van der Waals surface area contributed by atoms with Crippen LogP contribution in [0.2, 0.25) is 0 Å². The zero-order chi connectivity index (χ0) is 28.4. The van der Waals surface area contributed by atoms with Crippen LogP contribution in [0.3, 0.4) is 0 Å². The van der Waals surface area contributed by atoms with Gasteiger partial charge in [-0.3, -0.25) is 24.5 Å². The molecule has 11 heteroatoms. The van der Waals surface area contributed by atoms with Crippen molar-refractivity contribution in [1.29, 1.82) is 0 Å². The number of anilines is 1. The van der Waals surface area contributed by atoms with E-state index in [1.165, 1.54) is 34.9 Å². The summed E-state index contributed by atoms with van der Waals surface area (Å²) in [7, 11) is 0. The van der Waals surface area contributed by atoms with Gasteiger partial charge in [-0.1, -0.05) is 30.3 Å². The predicted molar refractivity (Wildman–Crippen MR) is 150 cm³/mol. The third-order valence-electron chi connectivity index (χ3n) is 6.65. The van der Waals surface area contributed by atoms with E-state index >= 15 is 0 Å². The maximum Gasteiger partial charge on any atom is 0.269 e. The van der Waals surface area contributed by atoms with Crippen LogP contribution < -0.4 is 16.2 Å². The first kappa shape index (κ1) is 26.6. The summed E-state index contributed by atoms with van der Waals surface area (Å²) in [6.45, 7) is 4.13. The van der Waals surface area contributed by atoms with E-state index in [9.17, 15) is 24.5 Å². The molecule has 2 aromatic heterocycles. The van der Waals surface area contributed by atoms with Crippen LogP contribution in [0.25, 0.3) is 10.9 Å². The SMILES string of the molecule is C=C(NC(=O)c1cc2c(NC(=O)c3ccc([N+](=O)[O-])cc3)cccc2n(CCc2ccco2)c1=O)[C@@H]1C=C(Cl)C1. The predicted octanol–water partition coefficient (Wildman–Crippen LogP) is 5.38. The quantitative estimate of drug-likeness (QED) is 0.209. The summed E-state index contributed by atoms with van der Waals surface area (Å²) in [5.74, 6) is -0.588. The minimum atomic E-state index is -0.628. The number of nitrogens with one attached hydrogen (secondary N) is 2. The van der Waals surface area contributed by atoms with Gasteiger partial charge in [-0.2, -0.15) is 0 Å². The maximum absolute atomic E-state index is 13.6. The normalized spacial score (nSPS) is 14.2. The van der Waals surface area contributed by atoms with Gasteiger partial charge < -0.3 is 19.6 Å². The van der Waals surface area contributed by atoms with E-state index in [4.69, 9.17) is 16.0 Å². The molecule has 0 unspecified atom stereocenters. The Morgan fingerprint density at radius 3 is 2.52 bits per heavy atom. The van der Waals surface area contributed by atoms with E-state index in [1.54, 1.807) is 42.7 Å². The Morgan fingerprint density at radius 1 is 1.12 bits per heavy atom. The number of nitro benzene ring substituents is 1. The van der Waals surface area contributed by atoms with Gasteiger partial charge in [-0.25, -0.2) is 0 Å². The summed E-state index contributed by atoms with van der Waals surface area (Å²) in [5.41, 5.74) is 0.714. The second kappa shape index (κ2) is 11.0. The number of furan rings is 1. The molecule has 2 heterocycles. The van der Waals surface area contributed by atoms with Crippen molar-refractivity contribution in [2.75, 3.05) is 5.32 Å². The number of aryl methyl sites for hydroxylation is 2. The monoisotopic (exact) mass is 558 g/mol. The topological polar surface area (TPSA) is 136 Å². The number of carbonyl (C=O) groups excluding carboxylic acids is 2. The number of halogens is 1. The number of fused-ring (bicyclic) bond motifs is 1. The number of carbonyl (C=O) groups is 2. The lowest BCUT2D eigenvalue weighted by Crippen LogP contribution is -2.35. The molecule has 1 aliphatic rings. The number of non-ortho nitro benzene ring substituents is 1. The standard InChI is InChI=1S/C29H23ClN4O6/c1-17(19-14-20(30)15-19)31-28(36)24-16-23-25(32-27(35)18-7-9-21(10-8-18)34(38)39)5-2-6-26(23)33(29(24)37)12-11-22-4-3-13-40-22/h2-10,13-14,16,19H,1,11-12,15H2,(H,31,36)(H,32,35)/t19-/m1/s1. The second-order valence-electron chi connectivity index (χ2n) is 9.24. The summed E-state index contributed by atoms with van der Waals surface area (Å²) in [4.78, 5) is 50.3. The average Bonchev–Trinajstić information content (AvgIpc) is 3.44. The first-order valence-corrected chi connectivity index (χ1v) is 12.7. The van der Waals surface area contributed by atoms with Gasteiger partial charge in [0.05, 0.1) is 22.4 Å². The lowest BCUT2D eigenvalue weighted by atomic mass is 9.92. The Hall–Kier alpha value is -4.96. The molecule has 1 aliphatic carbocycles. The summed E-state index contributed by atoms with van der Waals surface area (Å²) < 4.78 is 6.89. The van der Waals surface area contributed by atoms with Gasteiger partial charge in [0, 0.05) is 52.7 Å². The van der Waals surface area contributed by atoms with Crippen molar-refractivity contribution < 1.29 is 18.9 Å². The lowest BCUT2D eigenvalue weighted by Gasteiger charge is -2.24. The molecule has 40 heavy (non-hydrogen) atoms. The molecule has 0 aliphatic heterocycles. The first-order chi connectivity index (χ1) is 19.2. The highest BCUT2D eigenvalue weighted by Gasteiger charge is 2.24. The van der Waals surface area contributed by atoms with Gasteiger partial charge in [0.15, 0.2) is 0 Å².